The molecule has 104 valence electrons. The van der Waals surface area contributed by atoms with Crippen LogP contribution in [-0.2, 0) is 0 Å². The Morgan fingerprint density at radius 2 is 2.11 bits per heavy atom. The molecule has 0 unspecified atom stereocenters. The van der Waals surface area contributed by atoms with Gasteiger partial charge in [-0.1, -0.05) is 13.8 Å². The molecule has 0 bridgehead atoms. The lowest BCUT2D eigenvalue weighted by Gasteiger charge is -2.26. The second-order valence-electron chi connectivity index (χ2n) is 5.31. The summed E-state index contributed by atoms with van der Waals surface area (Å²) in [5.74, 6) is -0.334. The van der Waals surface area contributed by atoms with E-state index in [1.165, 1.54) is 6.07 Å². The molecule has 1 heterocycles. The summed E-state index contributed by atoms with van der Waals surface area (Å²) in [6, 6.07) is 4.45. The fraction of sp³-hybridized carbons (Fsp3) is 0.533. The van der Waals surface area contributed by atoms with Crippen molar-refractivity contribution in [2.45, 2.75) is 33.1 Å². The molecular weight excluding hydrogens is 309 g/mol. The van der Waals surface area contributed by atoms with Crippen LogP contribution < -0.4 is 0 Å². The highest BCUT2D eigenvalue weighted by atomic mass is 79.9. The van der Waals surface area contributed by atoms with E-state index in [1.54, 1.807) is 12.1 Å². The van der Waals surface area contributed by atoms with Gasteiger partial charge in [0.1, 0.15) is 5.82 Å². The lowest BCUT2D eigenvalue weighted by Crippen LogP contribution is -2.31. The van der Waals surface area contributed by atoms with Crippen LogP contribution in [-0.4, -0.2) is 23.9 Å². The number of halogens is 2. The Morgan fingerprint density at radius 3 is 2.63 bits per heavy atom. The van der Waals surface area contributed by atoms with Gasteiger partial charge in [-0.3, -0.25) is 4.79 Å². The normalized spacial score (nSPS) is 17.8. The summed E-state index contributed by atoms with van der Waals surface area (Å²) in [7, 11) is 0. The topological polar surface area (TPSA) is 20.3 Å². The fourth-order valence-electron chi connectivity index (χ4n) is 2.75. The summed E-state index contributed by atoms with van der Waals surface area (Å²) in [4.78, 5) is 14.3. The van der Waals surface area contributed by atoms with E-state index in [0.29, 0.717) is 10.0 Å². The number of amides is 1. The van der Waals surface area contributed by atoms with Gasteiger partial charge in [0.2, 0.25) is 0 Å². The first-order valence-electron chi connectivity index (χ1n) is 6.75. The monoisotopic (exact) mass is 327 g/mol. The Kier molecular flexibility index (Phi) is 4.29. The number of benzene rings is 1. The number of carbonyl (C=O) groups is 1. The molecule has 1 amide bonds. The Labute approximate surface area is 122 Å². The van der Waals surface area contributed by atoms with Crippen molar-refractivity contribution in [3.05, 3.63) is 34.1 Å². The van der Waals surface area contributed by atoms with Crippen molar-refractivity contribution in [3.63, 3.8) is 0 Å². The Hall–Kier alpha value is -0.900. The summed E-state index contributed by atoms with van der Waals surface area (Å²) in [5, 5.41) is 0. The van der Waals surface area contributed by atoms with Crippen molar-refractivity contribution < 1.29 is 9.18 Å². The fourth-order valence-corrected chi connectivity index (χ4v) is 3.13. The maximum atomic E-state index is 13.2. The summed E-state index contributed by atoms with van der Waals surface area (Å²) in [5.41, 5.74) is 0.823. The van der Waals surface area contributed by atoms with E-state index in [4.69, 9.17) is 0 Å². The number of nitrogens with zero attached hydrogens (tertiary/aromatic N) is 1. The molecule has 1 aliphatic rings. The summed E-state index contributed by atoms with van der Waals surface area (Å²) in [6.07, 6.45) is 3.26. The van der Waals surface area contributed by atoms with E-state index in [0.717, 1.165) is 32.4 Å². The van der Waals surface area contributed by atoms with Crippen LogP contribution in [0.15, 0.2) is 22.7 Å². The standard InChI is InChI=1S/C15H19BrFNO/c1-3-15(4-2)7-8-18(10-15)14(19)11-5-6-13(17)12(16)9-11/h5-6,9H,3-4,7-8,10H2,1-2H3. The van der Waals surface area contributed by atoms with Crippen LogP contribution in [0, 0.1) is 11.2 Å². The van der Waals surface area contributed by atoms with Gasteiger partial charge in [-0.05, 0) is 58.8 Å². The zero-order valence-corrected chi connectivity index (χ0v) is 13.0. The van der Waals surface area contributed by atoms with Gasteiger partial charge in [0.25, 0.3) is 5.91 Å². The van der Waals surface area contributed by atoms with Gasteiger partial charge in [0.05, 0.1) is 4.47 Å². The van der Waals surface area contributed by atoms with Crippen molar-refractivity contribution in [1.82, 2.24) is 4.90 Å². The number of likely N-dealkylation sites (tertiary alicyclic amines) is 1. The number of rotatable bonds is 3. The third-order valence-electron chi connectivity index (χ3n) is 4.39. The number of carbonyl (C=O) groups excluding carboxylic acids is 1. The molecule has 0 aliphatic carbocycles. The lowest BCUT2D eigenvalue weighted by molar-refractivity contribution is 0.0769. The summed E-state index contributed by atoms with van der Waals surface area (Å²) < 4.78 is 13.5. The molecule has 0 N–H and O–H groups in total. The van der Waals surface area contributed by atoms with Crippen LogP contribution in [0.25, 0.3) is 0 Å². The minimum atomic E-state index is -0.338. The van der Waals surface area contributed by atoms with E-state index in [2.05, 4.69) is 29.8 Å². The Morgan fingerprint density at radius 1 is 1.42 bits per heavy atom. The summed E-state index contributed by atoms with van der Waals surface area (Å²) >= 11 is 3.13. The van der Waals surface area contributed by atoms with Gasteiger partial charge < -0.3 is 4.90 Å². The molecule has 0 aromatic heterocycles. The van der Waals surface area contributed by atoms with E-state index >= 15 is 0 Å². The predicted molar refractivity (Wildman–Crippen MR) is 77.6 cm³/mol. The third-order valence-corrected chi connectivity index (χ3v) is 5.00. The van der Waals surface area contributed by atoms with Crippen LogP contribution >= 0.6 is 15.9 Å². The first-order chi connectivity index (χ1) is 9.01. The average molecular weight is 328 g/mol. The minimum absolute atomic E-state index is 0.00414. The molecule has 1 fully saturated rings. The van der Waals surface area contributed by atoms with E-state index in [9.17, 15) is 9.18 Å². The number of hydrogen-bond acceptors (Lipinski definition) is 1. The van der Waals surface area contributed by atoms with Gasteiger partial charge in [-0.25, -0.2) is 4.39 Å². The van der Waals surface area contributed by atoms with Gasteiger partial charge in [-0.2, -0.15) is 0 Å². The lowest BCUT2D eigenvalue weighted by atomic mass is 9.82. The molecule has 2 rings (SSSR count). The molecule has 1 saturated heterocycles. The molecule has 0 saturated carbocycles. The van der Waals surface area contributed by atoms with Crippen LogP contribution in [0.4, 0.5) is 4.39 Å². The van der Waals surface area contributed by atoms with Crippen molar-refractivity contribution in [2.75, 3.05) is 13.1 Å². The Balaban J connectivity index is 2.15. The highest BCUT2D eigenvalue weighted by Crippen LogP contribution is 2.37. The average Bonchev–Trinajstić information content (AvgIpc) is 2.86. The van der Waals surface area contributed by atoms with Gasteiger partial charge in [0, 0.05) is 18.7 Å². The van der Waals surface area contributed by atoms with Crippen molar-refractivity contribution in [1.29, 1.82) is 0 Å². The van der Waals surface area contributed by atoms with Gasteiger partial charge in [-0.15, -0.1) is 0 Å². The minimum Gasteiger partial charge on any atom is -0.338 e. The van der Waals surface area contributed by atoms with Gasteiger partial charge in [0.15, 0.2) is 0 Å². The maximum absolute atomic E-state index is 13.2. The molecule has 4 heteroatoms. The molecule has 0 spiro atoms. The van der Waals surface area contributed by atoms with E-state index in [-0.39, 0.29) is 17.1 Å². The molecule has 1 aromatic carbocycles. The van der Waals surface area contributed by atoms with Crippen molar-refractivity contribution in [3.8, 4) is 0 Å². The summed E-state index contributed by atoms with van der Waals surface area (Å²) in [6.45, 7) is 5.99. The first-order valence-corrected chi connectivity index (χ1v) is 7.55. The van der Waals surface area contributed by atoms with Gasteiger partial charge >= 0.3 is 0 Å². The van der Waals surface area contributed by atoms with Crippen LogP contribution in [0.3, 0.4) is 0 Å². The molecule has 2 nitrogen and oxygen atoms in total. The van der Waals surface area contributed by atoms with Crippen LogP contribution in [0.1, 0.15) is 43.5 Å². The second-order valence-corrected chi connectivity index (χ2v) is 6.17. The highest BCUT2D eigenvalue weighted by molar-refractivity contribution is 9.10. The zero-order chi connectivity index (χ0) is 14.0. The molecule has 19 heavy (non-hydrogen) atoms. The van der Waals surface area contributed by atoms with Crippen LogP contribution in [0.2, 0.25) is 0 Å². The van der Waals surface area contributed by atoms with E-state index < -0.39 is 0 Å². The highest BCUT2D eigenvalue weighted by Gasteiger charge is 2.37. The first kappa shape index (κ1) is 14.5. The largest absolute Gasteiger partial charge is 0.338 e. The van der Waals surface area contributed by atoms with E-state index in [1.807, 2.05) is 4.90 Å². The zero-order valence-electron chi connectivity index (χ0n) is 11.4. The molecule has 1 aromatic rings. The molecule has 0 atom stereocenters. The maximum Gasteiger partial charge on any atom is 0.253 e. The molecule has 1 aliphatic heterocycles. The quantitative estimate of drug-likeness (QED) is 0.813. The molecule has 0 radical (unpaired) electrons. The third kappa shape index (κ3) is 2.83. The molecular formula is C15H19BrFNO. The SMILES string of the molecule is CCC1(CC)CCN(C(=O)c2ccc(F)c(Br)c2)C1. The number of hydrogen-bond donors (Lipinski definition) is 0. The Bertz CT molecular complexity index is 485. The van der Waals surface area contributed by atoms with Crippen LogP contribution in [0.5, 0.6) is 0 Å². The predicted octanol–water partition coefficient (Wildman–Crippen LogP) is 4.24. The smallest absolute Gasteiger partial charge is 0.253 e. The second kappa shape index (κ2) is 5.61. The van der Waals surface area contributed by atoms with Crippen molar-refractivity contribution >= 4 is 21.8 Å². The van der Waals surface area contributed by atoms with Crippen molar-refractivity contribution in [2.24, 2.45) is 5.41 Å².